The number of nitrogens with one attached hydrogen (secondary N) is 2. The summed E-state index contributed by atoms with van der Waals surface area (Å²) >= 11 is 0. The minimum absolute atomic E-state index is 0.0950. The van der Waals surface area contributed by atoms with Crippen molar-refractivity contribution in [2.75, 3.05) is 20.3 Å². The molecule has 1 aromatic rings. The van der Waals surface area contributed by atoms with E-state index < -0.39 is 16.1 Å². The molecule has 1 aliphatic rings. The van der Waals surface area contributed by atoms with Gasteiger partial charge in [-0.1, -0.05) is 0 Å². The van der Waals surface area contributed by atoms with E-state index in [1.165, 1.54) is 6.07 Å². The van der Waals surface area contributed by atoms with E-state index in [9.17, 15) is 8.42 Å². The minimum atomic E-state index is -3.64. The van der Waals surface area contributed by atoms with Crippen molar-refractivity contribution < 1.29 is 22.7 Å². The number of ether oxygens (including phenoxy) is 1. The molecule has 3 N–H and O–H groups in total. The standard InChI is InChI=1S/C12H20N2O5S/c1-18-5-4-13-8-11-2-3-12(19-11)20(16,17)14-9-6-10(15)7-9/h2-3,9-10,13-15H,4-8H2,1H3. The maximum atomic E-state index is 12.0. The molecule has 1 aromatic heterocycles. The van der Waals surface area contributed by atoms with Crippen LogP contribution in [0.25, 0.3) is 0 Å². The highest BCUT2D eigenvalue weighted by atomic mass is 32.2. The predicted octanol–water partition coefficient (Wildman–Crippen LogP) is -0.183. The number of furan rings is 1. The summed E-state index contributed by atoms with van der Waals surface area (Å²) < 4.78 is 36.7. The van der Waals surface area contributed by atoms with Gasteiger partial charge in [0.1, 0.15) is 5.76 Å². The Hall–Kier alpha value is -0.930. The molecular weight excluding hydrogens is 284 g/mol. The lowest BCUT2D eigenvalue weighted by Gasteiger charge is -2.31. The summed E-state index contributed by atoms with van der Waals surface area (Å²) in [5.74, 6) is 0.551. The second-order valence-electron chi connectivity index (χ2n) is 4.83. The van der Waals surface area contributed by atoms with Gasteiger partial charge in [-0.2, -0.15) is 0 Å². The van der Waals surface area contributed by atoms with E-state index in [0.717, 1.165) is 0 Å². The van der Waals surface area contributed by atoms with Crippen LogP contribution in [0.3, 0.4) is 0 Å². The topological polar surface area (TPSA) is 101 Å². The normalized spacial score (nSPS) is 22.7. The van der Waals surface area contributed by atoms with Crippen molar-refractivity contribution in [3.63, 3.8) is 0 Å². The monoisotopic (exact) mass is 304 g/mol. The van der Waals surface area contributed by atoms with Crippen LogP contribution in [-0.2, 0) is 21.3 Å². The highest BCUT2D eigenvalue weighted by molar-refractivity contribution is 7.89. The van der Waals surface area contributed by atoms with Gasteiger partial charge in [-0.15, -0.1) is 0 Å². The van der Waals surface area contributed by atoms with Gasteiger partial charge in [0, 0.05) is 19.7 Å². The van der Waals surface area contributed by atoms with Crippen molar-refractivity contribution in [3.05, 3.63) is 17.9 Å². The van der Waals surface area contributed by atoms with Crippen LogP contribution in [0.4, 0.5) is 0 Å². The van der Waals surface area contributed by atoms with Gasteiger partial charge in [0.25, 0.3) is 10.0 Å². The lowest BCUT2D eigenvalue weighted by atomic mass is 9.91. The van der Waals surface area contributed by atoms with E-state index >= 15 is 0 Å². The number of rotatable bonds is 8. The molecule has 0 atom stereocenters. The third kappa shape index (κ3) is 4.03. The van der Waals surface area contributed by atoms with Gasteiger partial charge in [0.15, 0.2) is 0 Å². The summed E-state index contributed by atoms with van der Waals surface area (Å²) in [5.41, 5.74) is 0. The number of aliphatic hydroxyl groups is 1. The molecule has 1 saturated carbocycles. The first kappa shape index (κ1) is 15.5. The fraction of sp³-hybridized carbons (Fsp3) is 0.667. The van der Waals surface area contributed by atoms with Gasteiger partial charge in [-0.25, -0.2) is 13.1 Å². The zero-order valence-corrected chi connectivity index (χ0v) is 12.1. The first-order valence-electron chi connectivity index (χ1n) is 6.50. The average molecular weight is 304 g/mol. The molecule has 8 heteroatoms. The van der Waals surface area contributed by atoms with Gasteiger partial charge < -0.3 is 19.6 Å². The molecule has 0 aliphatic heterocycles. The van der Waals surface area contributed by atoms with E-state index in [4.69, 9.17) is 14.3 Å². The summed E-state index contributed by atoms with van der Waals surface area (Å²) in [6.45, 7) is 1.69. The second kappa shape index (κ2) is 6.68. The quantitative estimate of drug-likeness (QED) is 0.576. The van der Waals surface area contributed by atoms with Crippen molar-refractivity contribution in [2.45, 2.75) is 36.6 Å². The average Bonchev–Trinajstić information content (AvgIpc) is 2.82. The number of methoxy groups -OCH3 is 1. The van der Waals surface area contributed by atoms with Gasteiger partial charge in [-0.3, -0.25) is 0 Å². The Morgan fingerprint density at radius 1 is 1.45 bits per heavy atom. The van der Waals surface area contributed by atoms with Crippen molar-refractivity contribution in [3.8, 4) is 0 Å². The SMILES string of the molecule is COCCNCc1ccc(S(=O)(=O)NC2CC(O)C2)o1. The summed E-state index contributed by atoms with van der Waals surface area (Å²) in [7, 11) is -2.03. The third-order valence-electron chi connectivity index (χ3n) is 3.12. The van der Waals surface area contributed by atoms with Crippen LogP contribution in [0, 0.1) is 0 Å². The Morgan fingerprint density at radius 3 is 2.85 bits per heavy atom. The Bertz CT molecular complexity index is 522. The maximum Gasteiger partial charge on any atom is 0.274 e. The molecule has 0 radical (unpaired) electrons. The van der Waals surface area contributed by atoms with Gasteiger partial charge >= 0.3 is 0 Å². The van der Waals surface area contributed by atoms with Crippen LogP contribution in [0.2, 0.25) is 0 Å². The molecule has 2 rings (SSSR count). The van der Waals surface area contributed by atoms with Gasteiger partial charge in [-0.05, 0) is 25.0 Å². The number of hydrogen-bond acceptors (Lipinski definition) is 6. The van der Waals surface area contributed by atoms with Crippen molar-refractivity contribution in [1.82, 2.24) is 10.0 Å². The molecule has 1 fully saturated rings. The van der Waals surface area contributed by atoms with E-state index in [-0.39, 0.29) is 11.1 Å². The van der Waals surface area contributed by atoms with Crippen molar-refractivity contribution in [1.29, 1.82) is 0 Å². The van der Waals surface area contributed by atoms with Gasteiger partial charge in [0.05, 0.1) is 19.3 Å². The fourth-order valence-corrected chi connectivity index (χ4v) is 3.16. The molecule has 0 saturated heterocycles. The Morgan fingerprint density at radius 2 is 2.20 bits per heavy atom. The lowest BCUT2D eigenvalue weighted by molar-refractivity contribution is 0.0710. The van der Waals surface area contributed by atoms with Crippen LogP contribution in [0.5, 0.6) is 0 Å². The zero-order valence-electron chi connectivity index (χ0n) is 11.3. The molecule has 7 nitrogen and oxygen atoms in total. The second-order valence-corrected chi connectivity index (χ2v) is 6.48. The van der Waals surface area contributed by atoms with E-state index in [0.29, 0.717) is 38.3 Å². The van der Waals surface area contributed by atoms with Crippen LogP contribution in [0.1, 0.15) is 18.6 Å². The first-order chi connectivity index (χ1) is 9.51. The number of sulfonamides is 1. The molecule has 0 aromatic carbocycles. The molecule has 0 bridgehead atoms. The highest BCUT2D eigenvalue weighted by Gasteiger charge is 2.32. The molecule has 0 amide bonds. The molecule has 0 spiro atoms. The maximum absolute atomic E-state index is 12.0. The van der Waals surface area contributed by atoms with Crippen LogP contribution in [0.15, 0.2) is 21.6 Å². The van der Waals surface area contributed by atoms with Crippen LogP contribution in [-0.4, -0.2) is 45.9 Å². The van der Waals surface area contributed by atoms with E-state index in [1.807, 2.05) is 0 Å². The minimum Gasteiger partial charge on any atom is -0.447 e. The molecule has 114 valence electrons. The summed E-state index contributed by atoms with van der Waals surface area (Å²) in [4.78, 5) is 0. The third-order valence-corrected chi connectivity index (χ3v) is 4.51. The fourth-order valence-electron chi connectivity index (χ4n) is 1.95. The number of hydrogen-bond donors (Lipinski definition) is 3. The Balaban J connectivity index is 1.87. The molecular formula is C12H20N2O5S. The first-order valence-corrected chi connectivity index (χ1v) is 7.98. The zero-order chi connectivity index (χ0) is 14.6. The van der Waals surface area contributed by atoms with Crippen molar-refractivity contribution >= 4 is 10.0 Å². The smallest absolute Gasteiger partial charge is 0.274 e. The molecule has 1 aliphatic carbocycles. The Labute approximate surface area is 118 Å². The van der Waals surface area contributed by atoms with Gasteiger partial charge in [0.2, 0.25) is 5.09 Å². The molecule has 20 heavy (non-hydrogen) atoms. The van der Waals surface area contributed by atoms with Crippen LogP contribution >= 0.6 is 0 Å². The predicted molar refractivity (Wildman–Crippen MR) is 71.6 cm³/mol. The summed E-state index contributed by atoms with van der Waals surface area (Å²) in [6.07, 6.45) is 0.497. The molecule has 0 unspecified atom stereocenters. The van der Waals surface area contributed by atoms with E-state index in [2.05, 4.69) is 10.0 Å². The van der Waals surface area contributed by atoms with E-state index in [1.54, 1.807) is 13.2 Å². The Kier molecular flexibility index (Phi) is 5.17. The van der Waals surface area contributed by atoms with Crippen molar-refractivity contribution in [2.24, 2.45) is 0 Å². The lowest BCUT2D eigenvalue weighted by Crippen LogP contribution is -2.46. The van der Waals surface area contributed by atoms with Crippen LogP contribution < -0.4 is 10.0 Å². The summed E-state index contributed by atoms with van der Waals surface area (Å²) in [6, 6.07) is 2.86. The summed E-state index contributed by atoms with van der Waals surface area (Å²) in [5, 5.41) is 12.1. The molecule has 1 heterocycles. The number of aliphatic hydroxyl groups excluding tert-OH is 1. The largest absolute Gasteiger partial charge is 0.447 e. The highest BCUT2D eigenvalue weighted by Crippen LogP contribution is 2.22.